The van der Waals surface area contributed by atoms with Crippen LogP contribution in [0.5, 0.6) is 0 Å². The normalized spacial score (nSPS) is 11.5. The lowest BCUT2D eigenvalue weighted by atomic mass is 10.1. The van der Waals surface area contributed by atoms with Crippen molar-refractivity contribution in [3.8, 4) is 29.6 Å². The Labute approximate surface area is 260 Å². The molecule has 0 fully saturated rings. The van der Waals surface area contributed by atoms with Crippen LogP contribution in [-0.4, -0.2) is 9.13 Å². The van der Waals surface area contributed by atoms with E-state index < -0.39 is 0 Å². The molecule has 0 saturated heterocycles. The number of aromatic nitrogens is 2. The molecule has 6 aromatic carbocycles. The zero-order chi connectivity index (χ0) is 30.2. The molecular weight excluding hydrogens is 571 g/mol. The predicted octanol–water partition coefficient (Wildman–Crippen LogP) is 9.86. The predicted molar refractivity (Wildman–Crippen MR) is 182 cm³/mol. The van der Waals surface area contributed by atoms with Crippen molar-refractivity contribution in [3.05, 3.63) is 132 Å². The van der Waals surface area contributed by atoms with E-state index in [2.05, 4.69) is 88.0 Å². The molecule has 0 unspecified atom stereocenters. The van der Waals surface area contributed by atoms with Gasteiger partial charge in [0.2, 0.25) is 0 Å². The highest BCUT2D eigenvalue weighted by Gasteiger charge is 2.18. The Balaban J connectivity index is 1.36. The van der Waals surface area contributed by atoms with Gasteiger partial charge in [-0.15, -0.1) is 11.3 Å². The standard InChI is InChI=1S/C39H19N5S/c40-20-23-8-11-34-29(14-23)30-15-24(21-41)9-12-35(30)43(34)26-4-3-5-27(17-26)44-36-13-10-25(22-42)16-31(36)32-19-39-33(18-37(32)44)28-6-1-2-7-38(28)45-39/h1-19H. The zero-order valence-corrected chi connectivity index (χ0v) is 24.4. The largest absolute Gasteiger partial charge is 0.309 e. The molecule has 0 atom stereocenters. The summed E-state index contributed by atoms with van der Waals surface area (Å²) in [5.41, 5.74) is 7.77. The van der Waals surface area contributed by atoms with Crippen LogP contribution >= 0.6 is 11.3 Å². The summed E-state index contributed by atoms with van der Waals surface area (Å²) in [5, 5.41) is 35.5. The number of hydrogen-bond donors (Lipinski definition) is 0. The van der Waals surface area contributed by atoms with E-state index in [1.807, 2.05) is 54.6 Å². The molecule has 0 aliphatic carbocycles. The van der Waals surface area contributed by atoms with E-state index in [1.165, 1.54) is 20.2 Å². The number of nitriles is 3. The molecule has 0 spiro atoms. The van der Waals surface area contributed by atoms with Crippen LogP contribution in [0, 0.1) is 34.0 Å². The molecule has 0 aliphatic heterocycles. The Hall–Kier alpha value is -6.39. The minimum absolute atomic E-state index is 0.576. The summed E-state index contributed by atoms with van der Waals surface area (Å²) in [4.78, 5) is 0. The molecule has 9 rings (SSSR count). The number of nitrogens with zero attached hydrogens (tertiary/aromatic N) is 5. The van der Waals surface area contributed by atoms with Crippen LogP contribution in [0.15, 0.2) is 115 Å². The highest BCUT2D eigenvalue weighted by molar-refractivity contribution is 7.25. The van der Waals surface area contributed by atoms with Gasteiger partial charge in [-0.3, -0.25) is 0 Å². The third-order valence-electron chi connectivity index (χ3n) is 8.76. The van der Waals surface area contributed by atoms with Gasteiger partial charge in [0.05, 0.1) is 57.0 Å². The maximum Gasteiger partial charge on any atom is 0.0991 e. The third-order valence-corrected chi connectivity index (χ3v) is 9.90. The Bertz CT molecular complexity index is 2790. The molecule has 3 heterocycles. The summed E-state index contributed by atoms with van der Waals surface area (Å²) in [5.74, 6) is 0. The average Bonchev–Trinajstić information content (AvgIpc) is 3.73. The molecule has 9 aromatic rings. The van der Waals surface area contributed by atoms with Crippen molar-refractivity contribution in [2.24, 2.45) is 0 Å². The lowest BCUT2D eigenvalue weighted by molar-refractivity contribution is 1.13. The first-order valence-corrected chi connectivity index (χ1v) is 15.3. The molecule has 0 radical (unpaired) electrons. The van der Waals surface area contributed by atoms with Gasteiger partial charge in [0, 0.05) is 53.1 Å². The van der Waals surface area contributed by atoms with Gasteiger partial charge in [0.25, 0.3) is 0 Å². The number of thiophene rings is 1. The molecule has 0 amide bonds. The van der Waals surface area contributed by atoms with E-state index in [4.69, 9.17) is 0 Å². The highest BCUT2D eigenvalue weighted by atomic mass is 32.1. The summed E-state index contributed by atoms with van der Waals surface area (Å²) >= 11 is 1.79. The van der Waals surface area contributed by atoms with Gasteiger partial charge in [-0.2, -0.15) is 15.8 Å². The minimum atomic E-state index is 0.576. The van der Waals surface area contributed by atoms with Crippen LogP contribution in [0.4, 0.5) is 0 Å². The number of benzene rings is 6. The molecule has 0 N–H and O–H groups in total. The van der Waals surface area contributed by atoms with E-state index in [0.29, 0.717) is 16.7 Å². The summed E-state index contributed by atoms with van der Waals surface area (Å²) in [6.07, 6.45) is 0. The Morgan fingerprint density at radius 1 is 0.400 bits per heavy atom. The van der Waals surface area contributed by atoms with Gasteiger partial charge in [-0.05, 0) is 91.0 Å². The zero-order valence-electron chi connectivity index (χ0n) is 23.6. The van der Waals surface area contributed by atoms with Crippen molar-refractivity contribution in [1.82, 2.24) is 9.13 Å². The molecule has 206 valence electrons. The molecule has 5 nitrogen and oxygen atoms in total. The molecule has 0 bridgehead atoms. The van der Waals surface area contributed by atoms with Gasteiger partial charge in [-0.1, -0.05) is 24.3 Å². The second-order valence-electron chi connectivity index (χ2n) is 11.2. The fraction of sp³-hybridized carbons (Fsp3) is 0. The van der Waals surface area contributed by atoms with Gasteiger partial charge in [0.1, 0.15) is 0 Å². The maximum absolute atomic E-state index is 9.75. The van der Waals surface area contributed by atoms with Gasteiger partial charge < -0.3 is 9.13 Å². The topological polar surface area (TPSA) is 81.2 Å². The van der Waals surface area contributed by atoms with Crippen LogP contribution in [0.3, 0.4) is 0 Å². The van der Waals surface area contributed by atoms with Crippen LogP contribution in [0.2, 0.25) is 0 Å². The Morgan fingerprint density at radius 2 is 0.911 bits per heavy atom. The number of hydrogen-bond acceptors (Lipinski definition) is 4. The first-order chi connectivity index (χ1) is 22.1. The van der Waals surface area contributed by atoms with E-state index in [-0.39, 0.29) is 0 Å². The molecule has 0 saturated carbocycles. The van der Waals surface area contributed by atoms with Gasteiger partial charge in [-0.25, -0.2) is 0 Å². The molecule has 3 aromatic heterocycles. The lowest BCUT2D eigenvalue weighted by Crippen LogP contribution is -1.98. The maximum atomic E-state index is 9.75. The first kappa shape index (κ1) is 25.1. The van der Waals surface area contributed by atoms with Crippen LogP contribution in [0.25, 0.3) is 75.2 Å². The summed E-state index contributed by atoms with van der Waals surface area (Å²) in [6, 6.07) is 45.7. The second kappa shape index (κ2) is 9.30. The van der Waals surface area contributed by atoms with Crippen LogP contribution in [0.1, 0.15) is 16.7 Å². The van der Waals surface area contributed by atoms with E-state index in [1.54, 1.807) is 11.3 Å². The quantitative estimate of drug-likeness (QED) is 0.201. The molecule has 45 heavy (non-hydrogen) atoms. The average molecular weight is 590 g/mol. The first-order valence-electron chi connectivity index (χ1n) is 14.4. The van der Waals surface area contributed by atoms with Crippen molar-refractivity contribution >= 4 is 75.1 Å². The summed E-state index contributed by atoms with van der Waals surface area (Å²) in [6.45, 7) is 0. The van der Waals surface area contributed by atoms with Crippen LogP contribution < -0.4 is 0 Å². The Kier molecular flexibility index (Phi) is 5.20. The van der Waals surface area contributed by atoms with Crippen molar-refractivity contribution in [2.75, 3.05) is 0 Å². The van der Waals surface area contributed by atoms with Gasteiger partial charge in [0.15, 0.2) is 0 Å². The summed E-state index contributed by atoms with van der Waals surface area (Å²) in [7, 11) is 0. The van der Waals surface area contributed by atoms with E-state index in [0.717, 1.165) is 55.0 Å². The smallest absolute Gasteiger partial charge is 0.0991 e. The summed E-state index contributed by atoms with van der Waals surface area (Å²) < 4.78 is 6.96. The fourth-order valence-corrected chi connectivity index (χ4v) is 7.92. The highest BCUT2D eigenvalue weighted by Crippen LogP contribution is 2.41. The Morgan fingerprint density at radius 3 is 1.47 bits per heavy atom. The minimum Gasteiger partial charge on any atom is -0.309 e. The number of rotatable bonds is 2. The fourth-order valence-electron chi connectivity index (χ4n) is 6.80. The van der Waals surface area contributed by atoms with Crippen molar-refractivity contribution < 1.29 is 0 Å². The second-order valence-corrected chi connectivity index (χ2v) is 12.3. The van der Waals surface area contributed by atoms with E-state index in [9.17, 15) is 15.8 Å². The van der Waals surface area contributed by atoms with E-state index >= 15 is 0 Å². The van der Waals surface area contributed by atoms with Crippen LogP contribution in [-0.2, 0) is 0 Å². The van der Waals surface area contributed by atoms with Crippen molar-refractivity contribution in [2.45, 2.75) is 0 Å². The van der Waals surface area contributed by atoms with Gasteiger partial charge >= 0.3 is 0 Å². The lowest BCUT2D eigenvalue weighted by Gasteiger charge is -2.13. The molecular formula is C39H19N5S. The molecule has 6 heteroatoms. The van der Waals surface area contributed by atoms with Crippen molar-refractivity contribution in [1.29, 1.82) is 15.8 Å². The molecule has 0 aliphatic rings. The monoisotopic (exact) mass is 589 g/mol. The third kappa shape index (κ3) is 3.57. The SMILES string of the molecule is N#Cc1ccc2c(c1)c1cc(C#N)ccc1n2-c1cccc(-n2c3ccc(C#N)cc3c3cc4sc5ccccc5c4cc32)c1. The number of fused-ring (bicyclic) bond motifs is 9. The van der Waals surface area contributed by atoms with Crippen molar-refractivity contribution in [3.63, 3.8) is 0 Å².